The summed E-state index contributed by atoms with van der Waals surface area (Å²) in [7, 11) is 0. The molecule has 0 bridgehead atoms. The fourth-order valence-corrected chi connectivity index (χ4v) is 1.87. The number of imidazole rings is 1. The number of benzene rings is 1. The van der Waals surface area contributed by atoms with E-state index in [1.807, 2.05) is 17.7 Å². The minimum atomic E-state index is -0.232. The fourth-order valence-electron chi connectivity index (χ4n) is 1.87. The SMILES string of the molecule is Cc1ccc(F)cc1-n1cncc1CNC(C)(C)C. The van der Waals surface area contributed by atoms with E-state index in [0.29, 0.717) is 6.54 Å². The normalized spacial score (nSPS) is 11.8. The zero-order valence-electron chi connectivity index (χ0n) is 11.9. The number of aromatic nitrogens is 2. The molecule has 0 amide bonds. The molecule has 1 aromatic heterocycles. The third-order valence-electron chi connectivity index (χ3n) is 2.95. The van der Waals surface area contributed by atoms with Gasteiger partial charge in [-0.3, -0.25) is 0 Å². The van der Waals surface area contributed by atoms with Crippen LogP contribution in [0.25, 0.3) is 5.69 Å². The molecule has 0 unspecified atom stereocenters. The summed E-state index contributed by atoms with van der Waals surface area (Å²) in [6, 6.07) is 4.80. The summed E-state index contributed by atoms with van der Waals surface area (Å²) < 4.78 is 15.3. The minimum absolute atomic E-state index is 0.0338. The average molecular weight is 261 g/mol. The molecule has 0 spiro atoms. The Morgan fingerprint density at radius 1 is 1.32 bits per heavy atom. The molecule has 1 aromatic carbocycles. The Morgan fingerprint density at radius 2 is 2.05 bits per heavy atom. The molecule has 3 nitrogen and oxygen atoms in total. The van der Waals surface area contributed by atoms with Gasteiger partial charge in [0.1, 0.15) is 5.82 Å². The molecule has 0 aliphatic heterocycles. The molecule has 1 heterocycles. The Balaban J connectivity index is 2.31. The molecule has 0 aliphatic rings. The number of rotatable bonds is 3. The van der Waals surface area contributed by atoms with Gasteiger partial charge in [-0.25, -0.2) is 9.37 Å². The molecular formula is C15H20FN3. The lowest BCUT2D eigenvalue weighted by Crippen LogP contribution is -2.35. The van der Waals surface area contributed by atoms with Gasteiger partial charge in [0.15, 0.2) is 0 Å². The molecule has 0 radical (unpaired) electrons. The summed E-state index contributed by atoms with van der Waals surface area (Å²) in [6.45, 7) is 9.00. The van der Waals surface area contributed by atoms with Crippen LogP contribution in [-0.2, 0) is 6.54 Å². The van der Waals surface area contributed by atoms with Gasteiger partial charge in [-0.15, -0.1) is 0 Å². The van der Waals surface area contributed by atoms with E-state index in [0.717, 1.165) is 16.9 Å². The van der Waals surface area contributed by atoms with Gasteiger partial charge in [-0.05, 0) is 45.4 Å². The van der Waals surface area contributed by atoms with Crippen LogP contribution in [0.1, 0.15) is 32.0 Å². The molecule has 19 heavy (non-hydrogen) atoms. The summed E-state index contributed by atoms with van der Waals surface area (Å²) >= 11 is 0. The largest absolute Gasteiger partial charge is 0.306 e. The minimum Gasteiger partial charge on any atom is -0.306 e. The van der Waals surface area contributed by atoms with Crippen LogP contribution in [0.15, 0.2) is 30.7 Å². The van der Waals surface area contributed by atoms with E-state index >= 15 is 0 Å². The smallest absolute Gasteiger partial charge is 0.125 e. The number of hydrogen-bond acceptors (Lipinski definition) is 2. The zero-order valence-corrected chi connectivity index (χ0v) is 11.9. The summed E-state index contributed by atoms with van der Waals surface area (Å²) in [6.07, 6.45) is 3.53. The second kappa shape index (κ2) is 5.13. The number of aryl methyl sites for hydroxylation is 1. The van der Waals surface area contributed by atoms with E-state index in [1.165, 1.54) is 12.1 Å². The first-order valence-corrected chi connectivity index (χ1v) is 6.39. The van der Waals surface area contributed by atoms with Crippen molar-refractivity contribution in [1.29, 1.82) is 0 Å². The van der Waals surface area contributed by atoms with Gasteiger partial charge in [0.25, 0.3) is 0 Å². The Kier molecular flexibility index (Phi) is 3.71. The van der Waals surface area contributed by atoms with Gasteiger partial charge < -0.3 is 9.88 Å². The summed E-state index contributed by atoms with van der Waals surface area (Å²) in [4.78, 5) is 4.17. The quantitative estimate of drug-likeness (QED) is 0.919. The van der Waals surface area contributed by atoms with Gasteiger partial charge in [0.2, 0.25) is 0 Å². The highest BCUT2D eigenvalue weighted by Gasteiger charge is 2.12. The highest BCUT2D eigenvalue weighted by atomic mass is 19.1. The molecule has 4 heteroatoms. The second-order valence-corrected chi connectivity index (χ2v) is 5.79. The Morgan fingerprint density at radius 3 is 2.74 bits per heavy atom. The van der Waals surface area contributed by atoms with Crippen LogP contribution >= 0.6 is 0 Å². The second-order valence-electron chi connectivity index (χ2n) is 5.79. The lowest BCUT2D eigenvalue weighted by Gasteiger charge is -2.21. The Hall–Kier alpha value is -1.68. The lowest BCUT2D eigenvalue weighted by molar-refractivity contribution is 0.419. The number of nitrogens with one attached hydrogen (secondary N) is 1. The van der Waals surface area contributed by atoms with Gasteiger partial charge in [-0.2, -0.15) is 0 Å². The highest BCUT2D eigenvalue weighted by molar-refractivity contribution is 5.41. The first-order valence-electron chi connectivity index (χ1n) is 6.39. The van der Waals surface area contributed by atoms with Crippen LogP contribution in [0.2, 0.25) is 0 Å². The molecule has 0 aliphatic carbocycles. The first-order chi connectivity index (χ1) is 8.87. The van der Waals surface area contributed by atoms with E-state index in [2.05, 4.69) is 31.1 Å². The van der Waals surface area contributed by atoms with Crippen molar-refractivity contribution in [2.45, 2.75) is 39.8 Å². The summed E-state index contributed by atoms with van der Waals surface area (Å²) in [5, 5.41) is 3.41. The summed E-state index contributed by atoms with van der Waals surface area (Å²) in [5.74, 6) is -0.232. The fraction of sp³-hybridized carbons (Fsp3) is 0.400. The predicted molar refractivity (Wildman–Crippen MR) is 74.9 cm³/mol. The maximum absolute atomic E-state index is 13.4. The number of halogens is 1. The van der Waals surface area contributed by atoms with Crippen molar-refractivity contribution in [3.8, 4) is 5.69 Å². The van der Waals surface area contributed by atoms with E-state index in [1.54, 1.807) is 12.4 Å². The maximum atomic E-state index is 13.4. The standard InChI is InChI=1S/C15H20FN3/c1-11-5-6-12(16)7-14(11)19-10-17-8-13(19)9-18-15(2,3)4/h5-8,10,18H,9H2,1-4H3. The van der Waals surface area contributed by atoms with Crippen molar-refractivity contribution in [2.24, 2.45) is 0 Å². The van der Waals surface area contributed by atoms with Crippen molar-refractivity contribution in [1.82, 2.24) is 14.9 Å². The third kappa shape index (κ3) is 3.41. The Bertz CT molecular complexity index is 567. The van der Waals surface area contributed by atoms with Crippen LogP contribution < -0.4 is 5.32 Å². The zero-order chi connectivity index (χ0) is 14.0. The predicted octanol–water partition coefficient (Wildman–Crippen LogP) is 3.21. The van der Waals surface area contributed by atoms with E-state index in [4.69, 9.17) is 0 Å². The molecule has 0 saturated heterocycles. The van der Waals surface area contributed by atoms with E-state index < -0.39 is 0 Å². The Labute approximate surface area is 113 Å². The number of nitrogens with zero attached hydrogens (tertiary/aromatic N) is 2. The van der Waals surface area contributed by atoms with Crippen LogP contribution in [0.4, 0.5) is 4.39 Å². The van der Waals surface area contributed by atoms with E-state index in [9.17, 15) is 4.39 Å². The third-order valence-corrected chi connectivity index (χ3v) is 2.95. The first kappa shape index (κ1) is 13.7. The molecule has 0 atom stereocenters. The average Bonchev–Trinajstić information content (AvgIpc) is 2.77. The van der Waals surface area contributed by atoms with Crippen LogP contribution in [0.3, 0.4) is 0 Å². The van der Waals surface area contributed by atoms with Gasteiger partial charge in [-0.1, -0.05) is 6.07 Å². The van der Waals surface area contributed by atoms with Gasteiger partial charge in [0.05, 0.1) is 17.7 Å². The van der Waals surface area contributed by atoms with Crippen LogP contribution in [0.5, 0.6) is 0 Å². The van der Waals surface area contributed by atoms with Crippen molar-refractivity contribution in [2.75, 3.05) is 0 Å². The molecule has 102 valence electrons. The summed E-state index contributed by atoms with van der Waals surface area (Å²) in [5.41, 5.74) is 2.91. The maximum Gasteiger partial charge on any atom is 0.125 e. The topological polar surface area (TPSA) is 29.9 Å². The van der Waals surface area contributed by atoms with Crippen molar-refractivity contribution in [3.05, 3.63) is 47.8 Å². The van der Waals surface area contributed by atoms with Crippen LogP contribution in [0, 0.1) is 12.7 Å². The molecule has 2 aromatic rings. The van der Waals surface area contributed by atoms with Crippen molar-refractivity contribution in [3.63, 3.8) is 0 Å². The lowest BCUT2D eigenvalue weighted by atomic mass is 10.1. The van der Waals surface area contributed by atoms with Crippen molar-refractivity contribution >= 4 is 0 Å². The van der Waals surface area contributed by atoms with Gasteiger partial charge >= 0.3 is 0 Å². The molecule has 0 fully saturated rings. The molecule has 2 rings (SSSR count). The monoisotopic (exact) mass is 261 g/mol. The number of hydrogen-bond donors (Lipinski definition) is 1. The highest BCUT2D eigenvalue weighted by Crippen LogP contribution is 2.18. The molecule has 1 N–H and O–H groups in total. The van der Waals surface area contributed by atoms with Gasteiger partial charge in [0, 0.05) is 18.3 Å². The van der Waals surface area contributed by atoms with Crippen molar-refractivity contribution < 1.29 is 4.39 Å². The van der Waals surface area contributed by atoms with E-state index in [-0.39, 0.29) is 11.4 Å². The molecular weight excluding hydrogens is 241 g/mol. The van der Waals surface area contributed by atoms with Crippen LogP contribution in [-0.4, -0.2) is 15.1 Å². The molecule has 0 saturated carbocycles.